The van der Waals surface area contributed by atoms with Crippen molar-refractivity contribution in [2.45, 2.75) is 62.5 Å². The largest absolute Gasteiger partial charge is 0.392 e. The van der Waals surface area contributed by atoms with E-state index in [1.54, 1.807) is 0 Å². The second kappa shape index (κ2) is 6.19. The average molecular weight is 314 g/mol. The quantitative estimate of drug-likeness (QED) is 0.881. The number of likely N-dealkylation sites (tertiary alicyclic amines) is 1. The zero-order valence-electron chi connectivity index (χ0n) is 14.1. The second-order valence-electron chi connectivity index (χ2n) is 8.11. The fourth-order valence-corrected chi connectivity index (χ4v) is 5.24. The van der Waals surface area contributed by atoms with E-state index in [-0.39, 0.29) is 11.5 Å². The first-order valence-corrected chi connectivity index (χ1v) is 9.42. The molecular weight excluding hydrogens is 284 g/mol. The van der Waals surface area contributed by atoms with E-state index in [9.17, 15) is 5.11 Å². The van der Waals surface area contributed by atoms with E-state index < -0.39 is 0 Å². The van der Waals surface area contributed by atoms with E-state index >= 15 is 0 Å². The van der Waals surface area contributed by atoms with Gasteiger partial charge in [-0.3, -0.25) is 0 Å². The van der Waals surface area contributed by atoms with Crippen LogP contribution in [0.3, 0.4) is 0 Å². The Morgan fingerprint density at radius 3 is 2.52 bits per heavy atom. The maximum Gasteiger partial charge on any atom is 0.0678 e. The zero-order valence-corrected chi connectivity index (χ0v) is 14.1. The lowest BCUT2D eigenvalue weighted by molar-refractivity contribution is 0.0371. The van der Waals surface area contributed by atoms with E-state index in [0.29, 0.717) is 6.04 Å². The average Bonchev–Trinajstić information content (AvgIpc) is 2.84. The molecule has 0 bridgehead atoms. The van der Waals surface area contributed by atoms with Crippen LogP contribution in [0.5, 0.6) is 0 Å². The Hall–Kier alpha value is -0.900. The maximum atomic E-state index is 10.7. The summed E-state index contributed by atoms with van der Waals surface area (Å²) in [7, 11) is 0. The first-order valence-electron chi connectivity index (χ1n) is 9.42. The van der Waals surface area contributed by atoms with Gasteiger partial charge in [0.15, 0.2) is 0 Å². The van der Waals surface area contributed by atoms with Gasteiger partial charge in [0, 0.05) is 18.0 Å². The van der Waals surface area contributed by atoms with Crippen molar-refractivity contribution in [1.29, 1.82) is 0 Å². The third kappa shape index (κ3) is 2.84. The summed E-state index contributed by atoms with van der Waals surface area (Å²) in [4.78, 5) is 2.64. The Morgan fingerprint density at radius 1 is 1.09 bits per heavy atom. The predicted molar refractivity (Wildman–Crippen MR) is 93.4 cm³/mol. The molecular formula is C20H30N2O. The molecule has 1 unspecified atom stereocenters. The van der Waals surface area contributed by atoms with Crippen LogP contribution in [0.25, 0.3) is 0 Å². The highest BCUT2D eigenvalue weighted by molar-refractivity contribution is 5.42. The summed E-state index contributed by atoms with van der Waals surface area (Å²) in [6, 6.07) is 9.14. The van der Waals surface area contributed by atoms with Crippen molar-refractivity contribution in [1.82, 2.24) is 4.90 Å². The lowest BCUT2D eigenvalue weighted by Gasteiger charge is -2.43. The molecule has 1 aromatic rings. The molecule has 1 aromatic carbocycles. The van der Waals surface area contributed by atoms with Crippen LogP contribution in [0.15, 0.2) is 24.3 Å². The number of fused-ring (bicyclic) bond motifs is 2. The van der Waals surface area contributed by atoms with Gasteiger partial charge in [-0.2, -0.15) is 0 Å². The second-order valence-corrected chi connectivity index (χ2v) is 8.11. The third-order valence-electron chi connectivity index (χ3n) is 6.76. The number of piperidine rings is 1. The highest BCUT2D eigenvalue weighted by Gasteiger charge is 2.47. The van der Waals surface area contributed by atoms with E-state index in [1.807, 2.05) is 0 Å². The SMILES string of the molecule is NC1CCC(CN2CCC3(CC2)c2ccccc2CC3O)CC1. The normalized spacial score (nSPS) is 33.7. The molecule has 0 radical (unpaired) electrons. The molecule has 3 heteroatoms. The minimum atomic E-state index is -0.185. The highest BCUT2D eigenvalue weighted by Crippen LogP contribution is 2.46. The van der Waals surface area contributed by atoms with Crippen molar-refractivity contribution in [3.63, 3.8) is 0 Å². The number of nitrogens with two attached hydrogens (primary N) is 1. The minimum Gasteiger partial charge on any atom is -0.392 e. The van der Waals surface area contributed by atoms with Crippen molar-refractivity contribution in [3.8, 4) is 0 Å². The molecule has 4 rings (SSSR count). The van der Waals surface area contributed by atoms with Crippen LogP contribution in [0.1, 0.15) is 49.7 Å². The maximum absolute atomic E-state index is 10.7. The van der Waals surface area contributed by atoms with Gasteiger partial charge < -0.3 is 15.7 Å². The first-order chi connectivity index (χ1) is 11.2. The van der Waals surface area contributed by atoms with Crippen LogP contribution in [0.2, 0.25) is 0 Å². The summed E-state index contributed by atoms with van der Waals surface area (Å²) in [5.41, 5.74) is 8.85. The van der Waals surface area contributed by atoms with E-state index in [1.165, 1.54) is 43.4 Å². The third-order valence-corrected chi connectivity index (χ3v) is 6.76. The lowest BCUT2D eigenvalue weighted by atomic mass is 9.72. The van der Waals surface area contributed by atoms with Crippen LogP contribution >= 0.6 is 0 Å². The number of aliphatic hydroxyl groups is 1. The summed E-state index contributed by atoms with van der Waals surface area (Å²) in [5, 5.41) is 10.7. The van der Waals surface area contributed by atoms with Crippen molar-refractivity contribution in [2.24, 2.45) is 11.7 Å². The van der Waals surface area contributed by atoms with E-state index in [4.69, 9.17) is 5.73 Å². The summed E-state index contributed by atoms with van der Waals surface area (Å²) < 4.78 is 0. The smallest absolute Gasteiger partial charge is 0.0678 e. The molecule has 1 saturated carbocycles. The Kier molecular flexibility index (Phi) is 4.21. The van der Waals surface area contributed by atoms with Crippen molar-refractivity contribution in [2.75, 3.05) is 19.6 Å². The standard InChI is InChI=1S/C20H30N2O/c21-17-7-5-15(6-8-17)14-22-11-9-20(10-12-22)18-4-2-1-3-16(18)13-19(20)23/h1-4,15,17,19,23H,5-14,21H2. The molecule has 1 spiro atoms. The molecule has 0 aromatic heterocycles. The Morgan fingerprint density at radius 2 is 1.78 bits per heavy atom. The number of nitrogens with zero attached hydrogens (tertiary/aromatic N) is 1. The molecule has 3 N–H and O–H groups in total. The van der Waals surface area contributed by atoms with Crippen LogP contribution in [-0.2, 0) is 11.8 Å². The monoisotopic (exact) mass is 314 g/mol. The Labute approximate surface area is 139 Å². The first kappa shape index (κ1) is 15.6. The van der Waals surface area contributed by atoms with Gasteiger partial charge in [0.2, 0.25) is 0 Å². The van der Waals surface area contributed by atoms with Crippen LogP contribution in [0, 0.1) is 5.92 Å². The molecule has 1 saturated heterocycles. The summed E-state index contributed by atoms with van der Waals surface area (Å²) in [6.07, 6.45) is 7.88. The van der Waals surface area contributed by atoms with Crippen molar-refractivity contribution < 1.29 is 5.11 Å². The van der Waals surface area contributed by atoms with Gasteiger partial charge in [0.25, 0.3) is 0 Å². The predicted octanol–water partition coefficient (Wildman–Crippen LogP) is 2.45. The van der Waals surface area contributed by atoms with Crippen LogP contribution < -0.4 is 5.73 Å². The lowest BCUT2D eigenvalue weighted by Crippen LogP contribution is -2.48. The van der Waals surface area contributed by atoms with E-state index in [2.05, 4.69) is 29.2 Å². The van der Waals surface area contributed by atoms with Gasteiger partial charge in [-0.25, -0.2) is 0 Å². The fraction of sp³-hybridized carbons (Fsp3) is 0.700. The molecule has 3 nitrogen and oxygen atoms in total. The van der Waals surface area contributed by atoms with Crippen molar-refractivity contribution >= 4 is 0 Å². The van der Waals surface area contributed by atoms with Gasteiger partial charge in [0.1, 0.15) is 0 Å². The highest BCUT2D eigenvalue weighted by atomic mass is 16.3. The Balaban J connectivity index is 1.39. The molecule has 0 amide bonds. The molecule has 1 heterocycles. The zero-order chi connectivity index (χ0) is 15.9. The molecule has 23 heavy (non-hydrogen) atoms. The number of benzene rings is 1. The molecule has 1 atom stereocenters. The number of hydrogen-bond donors (Lipinski definition) is 2. The summed E-state index contributed by atoms with van der Waals surface area (Å²) in [5.74, 6) is 0.838. The van der Waals surface area contributed by atoms with Gasteiger partial charge >= 0.3 is 0 Å². The van der Waals surface area contributed by atoms with Crippen LogP contribution in [-0.4, -0.2) is 41.8 Å². The Bertz CT molecular complexity index is 542. The summed E-state index contributed by atoms with van der Waals surface area (Å²) >= 11 is 0. The van der Waals surface area contributed by atoms with Gasteiger partial charge in [-0.05, 0) is 75.1 Å². The molecule has 2 fully saturated rings. The van der Waals surface area contributed by atoms with Gasteiger partial charge in [0.05, 0.1) is 6.10 Å². The molecule has 3 aliphatic rings. The molecule has 126 valence electrons. The number of rotatable bonds is 2. The summed E-state index contributed by atoms with van der Waals surface area (Å²) in [6.45, 7) is 3.50. The number of aliphatic hydroxyl groups excluding tert-OH is 1. The van der Waals surface area contributed by atoms with Gasteiger partial charge in [-0.1, -0.05) is 24.3 Å². The van der Waals surface area contributed by atoms with Gasteiger partial charge in [-0.15, -0.1) is 0 Å². The minimum absolute atomic E-state index is 0.0298. The van der Waals surface area contributed by atoms with Crippen molar-refractivity contribution in [3.05, 3.63) is 35.4 Å². The number of hydrogen-bond acceptors (Lipinski definition) is 3. The topological polar surface area (TPSA) is 49.5 Å². The molecule has 1 aliphatic heterocycles. The fourth-order valence-electron chi connectivity index (χ4n) is 5.24. The molecule has 2 aliphatic carbocycles. The van der Waals surface area contributed by atoms with Crippen LogP contribution in [0.4, 0.5) is 0 Å². The van der Waals surface area contributed by atoms with E-state index in [0.717, 1.165) is 38.3 Å².